The highest BCUT2D eigenvalue weighted by Gasteiger charge is 2.13. The van der Waals surface area contributed by atoms with Gasteiger partial charge in [0.2, 0.25) is 0 Å². The molecule has 0 aliphatic carbocycles. The summed E-state index contributed by atoms with van der Waals surface area (Å²) in [5, 5.41) is 12.1. The molecule has 0 fully saturated rings. The summed E-state index contributed by atoms with van der Waals surface area (Å²) in [5.41, 5.74) is 4.06. The van der Waals surface area contributed by atoms with Gasteiger partial charge in [-0.1, -0.05) is 35.3 Å². The fourth-order valence-corrected chi connectivity index (χ4v) is 3.21. The molecular formula is C19H17Cl2FN4S. The van der Waals surface area contributed by atoms with Crippen molar-refractivity contribution < 1.29 is 4.39 Å². The molecule has 1 heterocycles. The first-order valence-electron chi connectivity index (χ1n) is 8.15. The normalized spacial score (nSPS) is 10.7. The molecule has 140 valence electrons. The van der Waals surface area contributed by atoms with Crippen molar-refractivity contribution in [3.05, 3.63) is 75.3 Å². The van der Waals surface area contributed by atoms with Crippen LogP contribution in [0.15, 0.2) is 42.5 Å². The second kappa shape index (κ2) is 8.25. The lowest BCUT2D eigenvalue weighted by atomic mass is 10.2. The number of benzene rings is 2. The molecule has 0 aliphatic rings. The molecule has 0 bridgehead atoms. The summed E-state index contributed by atoms with van der Waals surface area (Å²) in [6.45, 7) is 4.29. The lowest BCUT2D eigenvalue weighted by Gasteiger charge is -2.12. The number of hydrogen-bond acceptors (Lipinski definition) is 2. The standard InChI is InChI=1S/C19H17Cl2FN4S/c1-11-18(24-19(27)23-15-6-7-16(20)17(21)9-15)12(2)26(25-11)10-13-4-3-5-14(22)8-13/h3-9H,10H2,1-2H3,(H2,23,24,27). The Hall–Kier alpha value is -2.15. The number of halogens is 3. The van der Waals surface area contributed by atoms with Gasteiger partial charge >= 0.3 is 0 Å². The third-order valence-electron chi connectivity index (χ3n) is 4.02. The van der Waals surface area contributed by atoms with Crippen LogP contribution in [0.1, 0.15) is 17.0 Å². The van der Waals surface area contributed by atoms with E-state index in [1.807, 2.05) is 24.6 Å². The van der Waals surface area contributed by atoms with E-state index in [2.05, 4.69) is 15.7 Å². The summed E-state index contributed by atoms with van der Waals surface area (Å²) in [7, 11) is 0. The van der Waals surface area contributed by atoms with Gasteiger partial charge in [0, 0.05) is 5.69 Å². The monoisotopic (exact) mass is 422 g/mol. The number of anilines is 2. The Bertz CT molecular complexity index is 1000. The minimum atomic E-state index is -0.264. The van der Waals surface area contributed by atoms with Crippen molar-refractivity contribution in [1.82, 2.24) is 9.78 Å². The van der Waals surface area contributed by atoms with Gasteiger partial charge in [-0.15, -0.1) is 0 Å². The van der Waals surface area contributed by atoms with Crippen molar-refractivity contribution in [3.8, 4) is 0 Å². The Labute approximate surface area is 172 Å². The number of aromatic nitrogens is 2. The van der Waals surface area contributed by atoms with Gasteiger partial charge in [-0.25, -0.2) is 4.39 Å². The van der Waals surface area contributed by atoms with E-state index in [1.54, 1.807) is 24.3 Å². The highest BCUT2D eigenvalue weighted by Crippen LogP contribution is 2.26. The quantitative estimate of drug-likeness (QED) is 0.521. The first-order chi connectivity index (χ1) is 12.8. The average molecular weight is 423 g/mol. The molecule has 0 saturated carbocycles. The maximum Gasteiger partial charge on any atom is 0.175 e. The van der Waals surface area contributed by atoms with Crippen molar-refractivity contribution in [1.29, 1.82) is 0 Å². The molecule has 0 saturated heterocycles. The largest absolute Gasteiger partial charge is 0.332 e. The molecule has 0 atom stereocenters. The van der Waals surface area contributed by atoms with E-state index in [9.17, 15) is 4.39 Å². The minimum Gasteiger partial charge on any atom is -0.332 e. The maximum absolute atomic E-state index is 13.4. The second-order valence-corrected chi connectivity index (χ2v) is 7.26. The van der Waals surface area contributed by atoms with Crippen molar-refractivity contribution in [2.45, 2.75) is 20.4 Å². The van der Waals surface area contributed by atoms with E-state index in [4.69, 9.17) is 35.4 Å². The van der Waals surface area contributed by atoms with Crippen LogP contribution < -0.4 is 10.6 Å². The molecule has 0 aliphatic heterocycles. The molecule has 3 rings (SSSR count). The Kier molecular flexibility index (Phi) is 5.99. The van der Waals surface area contributed by atoms with Gasteiger partial charge in [0.05, 0.1) is 33.7 Å². The Balaban J connectivity index is 1.74. The second-order valence-electron chi connectivity index (χ2n) is 6.04. The molecule has 4 nitrogen and oxygen atoms in total. The van der Waals surface area contributed by atoms with Gasteiger partial charge < -0.3 is 10.6 Å². The summed E-state index contributed by atoms with van der Waals surface area (Å²) >= 11 is 17.3. The predicted molar refractivity (Wildman–Crippen MR) is 114 cm³/mol. The summed E-state index contributed by atoms with van der Waals surface area (Å²) < 4.78 is 15.2. The van der Waals surface area contributed by atoms with Crippen LogP contribution in [0, 0.1) is 19.7 Å². The maximum atomic E-state index is 13.4. The van der Waals surface area contributed by atoms with E-state index in [-0.39, 0.29) is 5.82 Å². The number of rotatable bonds is 4. The highest BCUT2D eigenvalue weighted by atomic mass is 35.5. The van der Waals surface area contributed by atoms with E-state index < -0.39 is 0 Å². The minimum absolute atomic E-state index is 0.264. The van der Waals surface area contributed by atoms with E-state index in [0.29, 0.717) is 21.7 Å². The van der Waals surface area contributed by atoms with Crippen LogP contribution in [0.2, 0.25) is 10.0 Å². The summed E-state index contributed by atoms with van der Waals surface area (Å²) in [6.07, 6.45) is 0. The Morgan fingerprint density at radius 3 is 2.59 bits per heavy atom. The number of thiocarbonyl (C=S) groups is 1. The Morgan fingerprint density at radius 1 is 1.11 bits per heavy atom. The molecule has 1 aromatic heterocycles. The molecule has 3 aromatic rings. The van der Waals surface area contributed by atoms with E-state index in [1.165, 1.54) is 12.1 Å². The molecule has 2 aromatic carbocycles. The predicted octanol–water partition coefficient (Wildman–Crippen LogP) is 5.80. The van der Waals surface area contributed by atoms with Gasteiger partial charge in [-0.3, -0.25) is 4.68 Å². The molecule has 8 heteroatoms. The smallest absolute Gasteiger partial charge is 0.175 e. The number of aryl methyl sites for hydroxylation is 1. The molecule has 0 amide bonds. The van der Waals surface area contributed by atoms with Crippen LogP contribution in [-0.2, 0) is 6.54 Å². The van der Waals surface area contributed by atoms with Crippen molar-refractivity contribution >= 4 is 51.9 Å². The first kappa shape index (κ1) is 19.6. The SMILES string of the molecule is Cc1nn(Cc2cccc(F)c2)c(C)c1NC(=S)Nc1ccc(Cl)c(Cl)c1. The number of nitrogens with zero attached hydrogens (tertiary/aromatic N) is 2. The van der Waals surface area contributed by atoms with Crippen LogP contribution in [0.4, 0.5) is 15.8 Å². The fraction of sp³-hybridized carbons (Fsp3) is 0.158. The lowest BCUT2D eigenvalue weighted by molar-refractivity contribution is 0.616. The average Bonchev–Trinajstić information content (AvgIpc) is 2.86. The van der Waals surface area contributed by atoms with Gasteiger partial charge in [-0.2, -0.15) is 5.10 Å². The van der Waals surface area contributed by atoms with E-state index >= 15 is 0 Å². The van der Waals surface area contributed by atoms with Gasteiger partial charge in [0.1, 0.15) is 5.82 Å². The first-order valence-corrected chi connectivity index (χ1v) is 9.31. The molecule has 2 N–H and O–H groups in total. The summed E-state index contributed by atoms with van der Waals surface area (Å²) in [5.74, 6) is -0.264. The van der Waals surface area contributed by atoms with Crippen molar-refractivity contribution in [2.24, 2.45) is 0 Å². The van der Waals surface area contributed by atoms with Crippen molar-refractivity contribution in [3.63, 3.8) is 0 Å². The number of nitrogens with one attached hydrogen (secondary N) is 2. The van der Waals surface area contributed by atoms with Crippen LogP contribution in [0.3, 0.4) is 0 Å². The third-order valence-corrected chi connectivity index (χ3v) is 4.96. The molecule has 27 heavy (non-hydrogen) atoms. The van der Waals surface area contributed by atoms with Crippen molar-refractivity contribution in [2.75, 3.05) is 10.6 Å². The molecule has 0 spiro atoms. The highest BCUT2D eigenvalue weighted by molar-refractivity contribution is 7.80. The van der Waals surface area contributed by atoms with Crippen LogP contribution in [0.25, 0.3) is 0 Å². The fourth-order valence-electron chi connectivity index (χ4n) is 2.69. The Morgan fingerprint density at radius 2 is 1.89 bits per heavy atom. The molecule has 0 radical (unpaired) electrons. The number of hydrogen-bond donors (Lipinski definition) is 2. The van der Waals surface area contributed by atoms with E-state index in [0.717, 1.165) is 28.3 Å². The lowest BCUT2D eigenvalue weighted by Crippen LogP contribution is -2.20. The van der Waals surface area contributed by atoms with Crippen LogP contribution in [0.5, 0.6) is 0 Å². The van der Waals surface area contributed by atoms with Gasteiger partial charge in [-0.05, 0) is 62.0 Å². The zero-order valence-electron chi connectivity index (χ0n) is 14.7. The zero-order valence-corrected chi connectivity index (χ0v) is 17.0. The van der Waals surface area contributed by atoms with Crippen LogP contribution >= 0.6 is 35.4 Å². The van der Waals surface area contributed by atoms with Gasteiger partial charge in [0.15, 0.2) is 5.11 Å². The summed E-state index contributed by atoms with van der Waals surface area (Å²) in [4.78, 5) is 0. The molecular weight excluding hydrogens is 406 g/mol. The van der Waals surface area contributed by atoms with Crippen LogP contribution in [-0.4, -0.2) is 14.9 Å². The summed E-state index contributed by atoms with van der Waals surface area (Å²) in [6, 6.07) is 11.7. The third kappa shape index (κ3) is 4.77. The topological polar surface area (TPSA) is 41.9 Å². The van der Waals surface area contributed by atoms with Gasteiger partial charge in [0.25, 0.3) is 0 Å². The zero-order chi connectivity index (χ0) is 19.6. The molecule has 0 unspecified atom stereocenters.